The summed E-state index contributed by atoms with van der Waals surface area (Å²) in [6.45, 7) is 4.22. The van der Waals surface area contributed by atoms with Crippen molar-refractivity contribution in [3.8, 4) is 11.3 Å². The molecule has 4 rings (SSSR count). The Morgan fingerprint density at radius 3 is 2.70 bits per heavy atom. The first kappa shape index (κ1) is 22.4. The number of benzene rings is 2. The molecule has 3 aromatic rings. The third-order valence-corrected chi connectivity index (χ3v) is 5.76. The van der Waals surface area contributed by atoms with Crippen LogP contribution in [0.5, 0.6) is 0 Å². The van der Waals surface area contributed by atoms with Crippen LogP contribution in [-0.4, -0.2) is 33.3 Å². The Kier molecular flexibility index (Phi) is 6.37. The van der Waals surface area contributed by atoms with Gasteiger partial charge in [0.25, 0.3) is 5.91 Å². The molecule has 0 fully saturated rings. The summed E-state index contributed by atoms with van der Waals surface area (Å²) >= 11 is 0. The average Bonchev–Trinajstić information content (AvgIpc) is 3.16. The van der Waals surface area contributed by atoms with Crippen LogP contribution in [0, 0.1) is 19.7 Å². The van der Waals surface area contributed by atoms with Gasteiger partial charge in [-0.25, -0.2) is 4.39 Å². The molecule has 2 amide bonds. The molecule has 0 bridgehead atoms. The molecule has 0 aliphatic carbocycles. The quantitative estimate of drug-likeness (QED) is 0.538. The molecular formula is C25H25FN4O3. The summed E-state index contributed by atoms with van der Waals surface area (Å²) in [5.41, 5.74) is 5.09. The van der Waals surface area contributed by atoms with Gasteiger partial charge in [-0.15, -0.1) is 0 Å². The van der Waals surface area contributed by atoms with Crippen LogP contribution < -0.4 is 10.6 Å². The third kappa shape index (κ3) is 4.85. The summed E-state index contributed by atoms with van der Waals surface area (Å²) in [4.78, 5) is 25.2. The highest BCUT2D eigenvalue weighted by molar-refractivity contribution is 6.07. The molecule has 170 valence electrons. The molecule has 0 saturated heterocycles. The van der Waals surface area contributed by atoms with E-state index in [0.29, 0.717) is 23.4 Å². The molecule has 0 saturated carbocycles. The Balaban J connectivity index is 1.61. The van der Waals surface area contributed by atoms with Crippen molar-refractivity contribution in [1.29, 1.82) is 0 Å². The lowest BCUT2D eigenvalue weighted by Crippen LogP contribution is -2.32. The van der Waals surface area contributed by atoms with E-state index in [9.17, 15) is 19.1 Å². The van der Waals surface area contributed by atoms with E-state index in [-0.39, 0.29) is 30.7 Å². The van der Waals surface area contributed by atoms with Crippen molar-refractivity contribution in [2.24, 2.45) is 0 Å². The molecule has 2 heterocycles. The van der Waals surface area contributed by atoms with Gasteiger partial charge in [-0.3, -0.25) is 14.3 Å². The lowest BCUT2D eigenvalue weighted by Gasteiger charge is -2.24. The van der Waals surface area contributed by atoms with Gasteiger partial charge in [0.2, 0.25) is 5.91 Å². The second-order valence-corrected chi connectivity index (χ2v) is 8.08. The van der Waals surface area contributed by atoms with Crippen LogP contribution in [-0.2, 0) is 16.1 Å². The van der Waals surface area contributed by atoms with E-state index in [2.05, 4.69) is 15.7 Å². The minimum atomic E-state index is -0.473. The van der Waals surface area contributed by atoms with Crippen LogP contribution in [0.2, 0.25) is 0 Å². The molecule has 8 heteroatoms. The molecule has 0 radical (unpaired) electrons. The monoisotopic (exact) mass is 448 g/mol. The van der Waals surface area contributed by atoms with Gasteiger partial charge in [0.1, 0.15) is 5.82 Å². The second-order valence-electron chi connectivity index (χ2n) is 8.08. The maximum atomic E-state index is 13.4. The van der Waals surface area contributed by atoms with Gasteiger partial charge in [-0.1, -0.05) is 24.3 Å². The lowest BCUT2D eigenvalue weighted by atomic mass is 9.86. The molecule has 1 atom stereocenters. The summed E-state index contributed by atoms with van der Waals surface area (Å²) in [7, 11) is 0. The Bertz CT molecular complexity index is 1230. The van der Waals surface area contributed by atoms with Crippen molar-refractivity contribution in [1.82, 2.24) is 15.1 Å². The van der Waals surface area contributed by atoms with Crippen molar-refractivity contribution in [2.45, 2.75) is 32.7 Å². The fourth-order valence-electron chi connectivity index (χ4n) is 3.91. The number of aryl methyl sites for hydroxylation is 2. The highest BCUT2D eigenvalue weighted by atomic mass is 19.1. The summed E-state index contributed by atoms with van der Waals surface area (Å²) in [6, 6.07) is 13.4. The molecule has 2 aromatic carbocycles. The standard InChI is InChI=1S/C25H25FN4O3/c1-15-3-4-18(23-11-16(2)30(29-23)9-10-31)12-22(15)28-25(33)21-14-27-24(32)13-20(21)17-5-7-19(26)8-6-17/h3-8,11-12,14,20,31H,9-10,13H2,1-2H3,(H,27,32)(H,28,33)/t20-/m0/s1. The number of hydrogen-bond donors (Lipinski definition) is 3. The molecule has 1 aliphatic rings. The first-order valence-electron chi connectivity index (χ1n) is 10.7. The Morgan fingerprint density at radius 1 is 1.21 bits per heavy atom. The maximum absolute atomic E-state index is 13.4. The van der Waals surface area contributed by atoms with E-state index >= 15 is 0 Å². The zero-order valence-electron chi connectivity index (χ0n) is 18.4. The fraction of sp³-hybridized carbons (Fsp3) is 0.240. The normalized spacial score (nSPS) is 15.7. The van der Waals surface area contributed by atoms with Crippen LogP contribution >= 0.6 is 0 Å². The van der Waals surface area contributed by atoms with Crippen LogP contribution in [0.1, 0.15) is 29.2 Å². The van der Waals surface area contributed by atoms with Gasteiger partial charge < -0.3 is 15.7 Å². The van der Waals surface area contributed by atoms with Gasteiger partial charge >= 0.3 is 0 Å². The minimum absolute atomic E-state index is 0.00195. The number of hydrogen-bond acceptors (Lipinski definition) is 4. The number of halogens is 1. The molecule has 1 aromatic heterocycles. The predicted molar refractivity (Wildman–Crippen MR) is 123 cm³/mol. The second kappa shape index (κ2) is 9.38. The molecule has 33 heavy (non-hydrogen) atoms. The summed E-state index contributed by atoms with van der Waals surface area (Å²) in [5.74, 6) is -1.39. The molecule has 1 aliphatic heterocycles. The first-order chi connectivity index (χ1) is 15.9. The van der Waals surface area contributed by atoms with Crippen molar-refractivity contribution >= 4 is 17.5 Å². The Hall–Kier alpha value is -3.78. The SMILES string of the molecule is Cc1ccc(-c2cc(C)n(CCO)n2)cc1NC(=O)C1=CNC(=O)C[C@H]1c1ccc(F)cc1. The first-order valence-corrected chi connectivity index (χ1v) is 10.7. The van der Waals surface area contributed by atoms with Crippen molar-refractivity contribution in [3.63, 3.8) is 0 Å². The van der Waals surface area contributed by atoms with Crippen LogP contribution in [0.4, 0.5) is 10.1 Å². The van der Waals surface area contributed by atoms with E-state index in [4.69, 9.17) is 0 Å². The van der Waals surface area contributed by atoms with Gasteiger partial charge in [-0.05, 0) is 49.2 Å². The van der Waals surface area contributed by atoms with Crippen LogP contribution in [0.15, 0.2) is 60.3 Å². The number of aliphatic hydroxyl groups is 1. The van der Waals surface area contributed by atoms with Gasteiger partial charge in [0, 0.05) is 41.1 Å². The average molecular weight is 448 g/mol. The number of anilines is 1. The zero-order chi connectivity index (χ0) is 23.5. The summed E-state index contributed by atoms with van der Waals surface area (Å²) in [6.07, 6.45) is 1.53. The number of rotatable bonds is 6. The predicted octanol–water partition coefficient (Wildman–Crippen LogP) is 3.42. The van der Waals surface area contributed by atoms with E-state index < -0.39 is 5.92 Å². The van der Waals surface area contributed by atoms with Crippen molar-refractivity contribution in [2.75, 3.05) is 11.9 Å². The number of amides is 2. The Labute approximate surface area is 190 Å². The molecule has 0 unspecified atom stereocenters. The van der Waals surface area contributed by atoms with Gasteiger partial charge in [0.15, 0.2) is 0 Å². The van der Waals surface area contributed by atoms with Crippen molar-refractivity contribution in [3.05, 3.63) is 82.9 Å². The summed E-state index contributed by atoms with van der Waals surface area (Å²) < 4.78 is 15.1. The van der Waals surface area contributed by atoms with Gasteiger partial charge in [-0.2, -0.15) is 5.10 Å². The molecular weight excluding hydrogens is 423 g/mol. The van der Waals surface area contributed by atoms with Crippen LogP contribution in [0.25, 0.3) is 11.3 Å². The number of nitrogens with zero attached hydrogens (tertiary/aromatic N) is 2. The van der Waals surface area contributed by atoms with E-state index in [1.165, 1.54) is 18.3 Å². The Morgan fingerprint density at radius 2 is 1.97 bits per heavy atom. The van der Waals surface area contributed by atoms with E-state index in [0.717, 1.165) is 22.5 Å². The third-order valence-electron chi connectivity index (χ3n) is 5.76. The number of aliphatic hydroxyl groups excluding tert-OH is 1. The number of carbonyl (C=O) groups is 2. The van der Waals surface area contributed by atoms with E-state index in [1.54, 1.807) is 16.8 Å². The zero-order valence-corrected chi connectivity index (χ0v) is 18.4. The number of aromatic nitrogens is 2. The topological polar surface area (TPSA) is 96.2 Å². The number of nitrogens with one attached hydrogen (secondary N) is 2. The fourth-order valence-corrected chi connectivity index (χ4v) is 3.91. The largest absolute Gasteiger partial charge is 0.394 e. The van der Waals surface area contributed by atoms with E-state index in [1.807, 2.05) is 38.1 Å². The highest BCUT2D eigenvalue weighted by Gasteiger charge is 2.29. The molecule has 3 N–H and O–H groups in total. The summed E-state index contributed by atoms with van der Waals surface area (Å²) in [5, 5.41) is 19.3. The number of carbonyl (C=O) groups excluding carboxylic acids is 2. The lowest BCUT2D eigenvalue weighted by molar-refractivity contribution is -0.121. The molecule has 0 spiro atoms. The highest BCUT2D eigenvalue weighted by Crippen LogP contribution is 2.32. The maximum Gasteiger partial charge on any atom is 0.253 e. The minimum Gasteiger partial charge on any atom is -0.394 e. The molecule has 7 nitrogen and oxygen atoms in total. The smallest absolute Gasteiger partial charge is 0.253 e. The van der Waals surface area contributed by atoms with Crippen LogP contribution in [0.3, 0.4) is 0 Å². The van der Waals surface area contributed by atoms with Gasteiger partial charge in [0.05, 0.1) is 18.8 Å². The van der Waals surface area contributed by atoms with Crippen molar-refractivity contribution < 1.29 is 19.1 Å².